The first-order valence-electron chi connectivity index (χ1n) is 8.35. The first-order chi connectivity index (χ1) is 10.7. The predicted octanol–water partition coefficient (Wildman–Crippen LogP) is 1.07. The van der Waals surface area contributed by atoms with Crippen LogP contribution in [-0.4, -0.2) is 51.9 Å². The molecule has 2 heterocycles. The lowest BCUT2D eigenvalue weighted by Crippen LogP contribution is -2.65. The van der Waals surface area contributed by atoms with Crippen LogP contribution < -0.4 is 0 Å². The standard InChI is InChI=1S/C16H26O7/c1-9-11-5-3-4-10-6-7-15(2,19)23-14(16(10,11)20)22-13(9)21-8-12(17)18/h9-11,13-14,19-20H,3-8H2,1-2H3,(H,17,18)/t9-,10?,11?,13?,14-,15?,16-/m1/s1. The van der Waals surface area contributed by atoms with E-state index in [9.17, 15) is 15.0 Å². The van der Waals surface area contributed by atoms with E-state index in [1.54, 1.807) is 6.92 Å². The predicted molar refractivity (Wildman–Crippen MR) is 78.1 cm³/mol. The largest absolute Gasteiger partial charge is 0.480 e. The van der Waals surface area contributed by atoms with E-state index in [1.807, 2.05) is 6.92 Å². The summed E-state index contributed by atoms with van der Waals surface area (Å²) in [5.74, 6) is -2.70. The van der Waals surface area contributed by atoms with Crippen LogP contribution in [0.15, 0.2) is 0 Å². The zero-order valence-electron chi connectivity index (χ0n) is 13.6. The van der Waals surface area contributed by atoms with Gasteiger partial charge in [0.2, 0.25) is 0 Å². The Labute approximate surface area is 135 Å². The molecule has 7 heteroatoms. The van der Waals surface area contributed by atoms with Crippen molar-refractivity contribution in [2.75, 3.05) is 6.61 Å². The number of carbonyl (C=O) groups is 1. The van der Waals surface area contributed by atoms with Gasteiger partial charge in [-0.05, 0) is 32.1 Å². The third-order valence-electron chi connectivity index (χ3n) is 5.70. The molecular formula is C16H26O7. The summed E-state index contributed by atoms with van der Waals surface area (Å²) in [5, 5.41) is 30.6. The Morgan fingerprint density at radius 1 is 1.30 bits per heavy atom. The van der Waals surface area contributed by atoms with E-state index in [0.29, 0.717) is 12.8 Å². The first kappa shape index (κ1) is 17.1. The summed E-state index contributed by atoms with van der Waals surface area (Å²) < 4.78 is 16.8. The summed E-state index contributed by atoms with van der Waals surface area (Å²) >= 11 is 0. The molecule has 0 amide bonds. The summed E-state index contributed by atoms with van der Waals surface area (Å²) in [6.45, 7) is 3.01. The molecule has 0 spiro atoms. The maximum absolute atomic E-state index is 11.4. The minimum Gasteiger partial charge on any atom is -0.480 e. The van der Waals surface area contributed by atoms with Gasteiger partial charge >= 0.3 is 5.97 Å². The van der Waals surface area contributed by atoms with Crippen molar-refractivity contribution in [2.45, 2.75) is 69.9 Å². The van der Waals surface area contributed by atoms with Gasteiger partial charge in [-0.15, -0.1) is 0 Å². The van der Waals surface area contributed by atoms with E-state index in [1.165, 1.54) is 0 Å². The fourth-order valence-corrected chi connectivity index (χ4v) is 4.52. The number of carboxylic acid groups (broad SMARTS) is 1. The maximum Gasteiger partial charge on any atom is 0.329 e. The van der Waals surface area contributed by atoms with Crippen molar-refractivity contribution < 1.29 is 34.3 Å². The molecule has 3 rings (SSSR count). The lowest BCUT2D eigenvalue weighted by molar-refractivity contribution is -0.405. The molecule has 0 bridgehead atoms. The molecule has 3 N–H and O–H groups in total. The van der Waals surface area contributed by atoms with Crippen LogP contribution in [-0.2, 0) is 19.0 Å². The number of rotatable bonds is 3. The highest BCUT2D eigenvalue weighted by molar-refractivity contribution is 5.68. The van der Waals surface area contributed by atoms with Crippen LogP contribution >= 0.6 is 0 Å². The third-order valence-corrected chi connectivity index (χ3v) is 5.70. The van der Waals surface area contributed by atoms with Crippen molar-refractivity contribution in [3.63, 3.8) is 0 Å². The van der Waals surface area contributed by atoms with Gasteiger partial charge in [0.05, 0.1) is 0 Å². The molecule has 4 unspecified atom stereocenters. The van der Waals surface area contributed by atoms with Gasteiger partial charge in [0, 0.05) is 18.3 Å². The summed E-state index contributed by atoms with van der Waals surface area (Å²) in [6.07, 6.45) is 2.00. The molecule has 2 aliphatic heterocycles. The normalized spacial score (nSPS) is 50.0. The summed E-state index contributed by atoms with van der Waals surface area (Å²) in [7, 11) is 0. The Bertz CT molecular complexity index is 465. The molecule has 7 atom stereocenters. The Kier molecular flexibility index (Phi) is 4.44. The van der Waals surface area contributed by atoms with Crippen molar-refractivity contribution in [3.8, 4) is 0 Å². The lowest BCUT2D eigenvalue weighted by atomic mass is 9.61. The molecule has 0 aromatic rings. The minimum absolute atomic E-state index is 0.00287. The molecule has 2 saturated heterocycles. The second-order valence-corrected chi connectivity index (χ2v) is 7.35. The molecule has 3 aliphatic rings. The SMILES string of the molecule is C[C@H]1C(OCC(=O)O)O[C@@H]2OC(C)(O)CCC3CCCC1[C@]32O. The molecule has 0 aromatic carbocycles. The van der Waals surface area contributed by atoms with E-state index < -0.39 is 36.5 Å². The third kappa shape index (κ3) is 3.00. The van der Waals surface area contributed by atoms with Crippen LogP contribution in [0.5, 0.6) is 0 Å². The van der Waals surface area contributed by atoms with Gasteiger partial charge in [-0.3, -0.25) is 0 Å². The number of ether oxygens (including phenoxy) is 3. The summed E-state index contributed by atoms with van der Waals surface area (Å²) in [5.41, 5.74) is -1.17. The molecular weight excluding hydrogens is 304 g/mol. The highest BCUT2D eigenvalue weighted by Gasteiger charge is 2.62. The van der Waals surface area contributed by atoms with Crippen molar-refractivity contribution in [1.82, 2.24) is 0 Å². The van der Waals surface area contributed by atoms with Gasteiger partial charge in [0.15, 0.2) is 18.4 Å². The van der Waals surface area contributed by atoms with Crippen LogP contribution in [0, 0.1) is 17.8 Å². The van der Waals surface area contributed by atoms with Gasteiger partial charge in [-0.25, -0.2) is 4.79 Å². The lowest BCUT2D eigenvalue weighted by Gasteiger charge is -2.55. The van der Waals surface area contributed by atoms with E-state index >= 15 is 0 Å². The fraction of sp³-hybridized carbons (Fsp3) is 0.938. The molecule has 1 saturated carbocycles. The van der Waals surface area contributed by atoms with Crippen molar-refractivity contribution in [1.29, 1.82) is 0 Å². The van der Waals surface area contributed by atoms with E-state index in [-0.39, 0.29) is 17.8 Å². The zero-order valence-corrected chi connectivity index (χ0v) is 13.6. The number of aliphatic carboxylic acids is 1. The second kappa shape index (κ2) is 5.97. The molecule has 1 aliphatic carbocycles. The van der Waals surface area contributed by atoms with Crippen LogP contribution in [0.3, 0.4) is 0 Å². The topological polar surface area (TPSA) is 105 Å². The van der Waals surface area contributed by atoms with Gasteiger partial charge in [0.25, 0.3) is 0 Å². The van der Waals surface area contributed by atoms with Crippen LogP contribution in [0.4, 0.5) is 0 Å². The molecule has 132 valence electrons. The number of carboxylic acids is 1. The number of aliphatic hydroxyl groups is 2. The van der Waals surface area contributed by atoms with Crippen molar-refractivity contribution in [2.24, 2.45) is 17.8 Å². The molecule has 0 aromatic heterocycles. The Balaban J connectivity index is 1.88. The van der Waals surface area contributed by atoms with E-state index in [2.05, 4.69) is 0 Å². The minimum atomic E-state index is -1.37. The van der Waals surface area contributed by atoms with E-state index in [4.69, 9.17) is 19.3 Å². The molecule has 3 fully saturated rings. The van der Waals surface area contributed by atoms with Gasteiger partial charge in [-0.1, -0.05) is 13.3 Å². The second-order valence-electron chi connectivity index (χ2n) is 7.35. The maximum atomic E-state index is 11.4. The average molecular weight is 330 g/mol. The Hall–Kier alpha value is -0.730. The van der Waals surface area contributed by atoms with Crippen LogP contribution in [0.1, 0.15) is 46.0 Å². The Morgan fingerprint density at radius 3 is 2.74 bits per heavy atom. The van der Waals surface area contributed by atoms with Crippen LogP contribution in [0.25, 0.3) is 0 Å². The average Bonchev–Trinajstić information content (AvgIpc) is 2.56. The van der Waals surface area contributed by atoms with Gasteiger partial charge < -0.3 is 29.5 Å². The van der Waals surface area contributed by atoms with Gasteiger partial charge in [0.1, 0.15) is 12.2 Å². The smallest absolute Gasteiger partial charge is 0.329 e. The van der Waals surface area contributed by atoms with Gasteiger partial charge in [-0.2, -0.15) is 0 Å². The molecule has 23 heavy (non-hydrogen) atoms. The summed E-state index contributed by atoms with van der Waals surface area (Å²) in [6, 6.07) is 0. The fourth-order valence-electron chi connectivity index (χ4n) is 4.52. The Morgan fingerprint density at radius 2 is 2.04 bits per heavy atom. The number of hydrogen-bond donors (Lipinski definition) is 3. The van der Waals surface area contributed by atoms with Crippen LogP contribution in [0.2, 0.25) is 0 Å². The van der Waals surface area contributed by atoms with E-state index in [0.717, 1.165) is 19.3 Å². The van der Waals surface area contributed by atoms with Crippen molar-refractivity contribution in [3.05, 3.63) is 0 Å². The quantitative estimate of drug-likeness (QED) is 0.711. The highest BCUT2D eigenvalue weighted by atomic mass is 16.8. The highest BCUT2D eigenvalue weighted by Crippen LogP contribution is 2.54. The number of hydrogen-bond acceptors (Lipinski definition) is 6. The zero-order chi connectivity index (χ0) is 16.8. The summed E-state index contributed by atoms with van der Waals surface area (Å²) in [4.78, 5) is 10.8. The molecule has 7 nitrogen and oxygen atoms in total. The monoisotopic (exact) mass is 330 g/mol. The van der Waals surface area contributed by atoms with Crippen molar-refractivity contribution >= 4 is 5.97 Å². The first-order valence-corrected chi connectivity index (χ1v) is 8.35. The molecule has 0 radical (unpaired) electrons.